The normalized spacial score (nSPS) is 10.8. The molecule has 0 radical (unpaired) electrons. The van der Waals surface area contributed by atoms with Crippen molar-refractivity contribution in [2.24, 2.45) is 0 Å². The minimum atomic E-state index is -0.0911. The van der Waals surface area contributed by atoms with Crippen molar-refractivity contribution in [2.45, 2.75) is 26.7 Å². The number of fused-ring (bicyclic) bond motifs is 1. The molecule has 0 fully saturated rings. The Morgan fingerprint density at radius 2 is 1.83 bits per heavy atom. The lowest BCUT2D eigenvalue weighted by molar-refractivity contribution is -0.116. The first-order valence-electron chi connectivity index (χ1n) is 9.39. The van der Waals surface area contributed by atoms with Crippen LogP contribution < -0.4 is 10.1 Å². The molecule has 0 saturated carbocycles. The third kappa shape index (κ3) is 4.08. The Bertz CT molecular complexity index is 1150. The summed E-state index contributed by atoms with van der Waals surface area (Å²) in [6.45, 7) is 3.89. The molecule has 2 aromatic heterocycles. The number of nitrogens with one attached hydrogen (secondary N) is 1. The van der Waals surface area contributed by atoms with Gasteiger partial charge in [0.15, 0.2) is 5.75 Å². The van der Waals surface area contributed by atoms with Crippen molar-refractivity contribution >= 4 is 17.4 Å². The molecule has 0 unspecified atom stereocenters. The van der Waals surface area contributed by atoms with Crippen molar-refractivity contribution in [1.29, 1.82) is 0 Å². The highest BCUT2D eigenvalue weighted by Gasteiger charge is 2.14. The molecule has 7 nitrogen and oxygen atoms in total. The maximum absolute atomic E-state index is 12.6. The molecule has 1 N–H and O–H groups in total. The van der Waals surface area contributed by atoms with E-state index >= 15 is 0 Å². The van der Waals surface area contributed by atoms with Crippen LogP contribution in [0.15, 0.2) is 60.9 Å². The number of para-hydroxylation sites is 3. The van der Waals surface area contributed by atoms with Crippen LogP contribution >= 0.6 is 0 Å². The van der Waals surface area contributed by atoms with Gasteiger partial charge in [-0.15, -0.1) is 0 Å². The predicted molar refractivity (Wildman–Crippen MR) is 110 cm³/mol. The lowest BCUT2D eigenvalue weighted by Gasteiger charge is -2.13. The van der Waals surface area contributed by atoms with E-state index in [1.54, 1.807) is 4.52 Å². The van der Waals surface area contributed by atoms with E-state index in [9.17, 15) is 4.79 Å². The van der Waals surface area contributed by atoms with E-state index in [1.807, 2.05) is 68.4 Å². The van der Waals surface area contributed by atoms with Crippen LogP contribution in [0, 0.1) is 13.8 Å². The van der Waals surface area contributed by atoms with Gasteiger partial charge in [0.05, 0.1) is 5.69 Å². The smallest absolute Gasteiger partial charge is 0.252 e. The monoisotopic (exact) mass is 387 g/mol. The zero-order chi connectivity index (χ0) is 20.2. The number of aryl methyl sites for hydroxylation is 2. The number of benzene rings is 2. The van der Waals surface area contributed by atoms with E-state index in [4.69, 9.17) is 4.74 Å². The molecule has 29 heavy (non-hydrogen) atoms. The van der Waals surface area contributed by atoms with Gasteiger partial charge in [-0.05, 0) is 50.1 Å². The molecule has 1 amide bonds. The third-order valence-electron chi connectivity index (χ3n) is 4.72. The van der Waals surface area contributed by atoms with Crippen molar-refractivity contribution in [3.05, 3.63) is 77.9 Å². The maximum Gasteiger partial charge on any atom is 0.252 e. The number of ether oxygens (including phenoxy) is 1. The van der Waals surface area contributed by atoms with Crippen molar-refractivity contribution < 1.29 is 9.53 Å². The molecule has 2 heterocycles. The Morgan fingerprint density at radius 1 is 1.07 bits per heavy atom. The first kappa shape index (κ1) is 18.6. The fraction of sp³-hybridized carbons (Fsp3) is 0.182. The largest absolute Gasteiger partial charge is 0.455 e. The first-order valence-corrected chi connectivity index (χ1v) is 9.39. The van der Waals surface area contributed by atoms with Crippen molar-refractivity contribution in [3.8, 4) is 11.5 Å². The number of carbonyl (C=O) groups excluding carboxylic acids is 1. The van der Waals surface area contributed by atoms with Gasteiger partial charge < -0.3 is 10.1 Å². The predicted octanol–water partition coefficient (Wildman–Crippen LogP) is 4.10. The summed E-state index contributed by atoms with van der Waals surface area (Å²) in [5.41, 5.74) is 3.46. The Hall–Kier alpha value is -3.74. The Balaban J connectivity index is 1.46. The number of rotatable bonds is 6. The summed E-state index contributed by atoms with van der Waals surface area (Å²) in [6.07, 6.45) is 2.37. The SMILES string of the molecule is Cc1nc2ncnn2c(C)c1CCC(=O)Nc1ccccc1Oc1ccccc1. The zero-order valence-electron chi connectivity index (χ0n) is 16.3. The maximum atomic E-state index is 12.6. The Morgan fingerprint density at radius 3 is 2.66 bits per heavy atom. The molecule has 0 aliphatic carbocycles. The fourth-order valence-corrected chi connectivity index (χ4v) is 3.24. The minimum Gasteiger partial charge on any atom is -0.455 e. The molecular formula is C22H21N5O2. The molecular weight excluding hydrogens is 366 g/mol. The summed E-state index contributed by atoms with van der Waals surface area (Å²) in [4.78, 5) is 21.2. The van der Waals surface area contributed by atoms with Crippen LogP contribution in [-0.4, -0.2) is 25.5 Å². The number of anilines is 1. The topological polar surface area (TPSA) is 81.4 Å². The zero-order valence-corrected chi connectivity index (χ0v) is 16.3. The summed E-state index contributed by atoms with van der Waals surface area (Å²) < 4.78 is 7.61. The van der Waals surface area contributed by atoms with E-state index in [0.29, 0.717) is 35.8 Å². The molecule has 0 spiro atoms. The second kappa shape index (κ2) is 8.10. The molecule has 0 aliphatic heterocycles. The molecule has 2 aromatic carbocycles. The van der Waals surface area contributed by atoms with Gasteiger partial charge in [-0.1, -0.05) is 30.3 Å². The third-order valence-corrected chi connectivity index (χ3v) is 4.72. The van der Waals surface area contributed by atoms with Crippen LogP contribution in [0.25, 0.3) is 5.78 Å². The minimum absolute atomic E-state index is 0.0911. The first-order chi connectivity index (χ1) is 14.1. The summed E-state index contributed by atoms with van der Waals surface area (Å²) in [5.74, 6) is 1.80. The molecule has 146 valence electrons. The summed E-state index contributed by atoms with van der Waals surface area (Å²) >= 11 is 0. The molecule has 0 bridgehead atoms. The Labute approximate surface area is 168 Å². The fourth-order valence-electron chi connectivity index (χ4n) is 3.24. The highest BCUT2D eigenvalue weighted by molar-refractivity contribution is 5.92. The van der Waals surface area contributed by atoms with Gasteiger partial charge in [-0.25, -0.2) is 9.50 Å². The highest BCUT2D eigenvalue weighted by Crippen LogP contribution is 2.29. The van der Waals surface area contributed by atoms with E-state index in [2.05, 4.69) is 20.4 Å². The van der Waals surface area contributed by atoms with Gasteiger partial charge in [0.2, 0.25) is 5.91 Å². The van der Waals surface area contributed by atoms with Crippen LogP contribution in [0.4, 0.5) is 5.69 Å². The van der Waals surface area contributed by atoms with Gasteiger partial charge in [0.25, 0.3) is 5.78 Å². The van der Waals surface area contributed by atoms with Crippen molar-refractivity contribution in [2.75, 3.05) is 5.32 Å². The molecule has 0 aliphatic rings. The number of amides is 1. The molecule has 0 saturated heterocycles. The highest BCUT2D eigenvalue weighted by atomic mass is 16.5. The Kier molecular flexibility index (Phi) is 5.20. The lowest BCUT2D eigenvalue weighted by atomic mass is 10.1. The van der Waals surface area contributed by atoms with Crippen molar-refractivity contribution in [1.82, 2.24) is 19.6 Å². The second-order valence-corrected chi connectivity index (χ2v) is 6.69. The number of carbonyl (C=O) groups is 1. The molecule has 4 rings (SSSR count). The van der Waals surface area contributed by atoms with E-state index in [-0.39, 0.29) is 5.91 Å². The van der Waals surface area contributed by atoms with Gasteiger partial charge in [-0.3, -0.25) is 4.79 Å². The molecule has 4 aromatic rings. The number of hydrogen-bond acceptors (Lipinski definition) is 5. The number of nitrogens with zero attached hydrogens (tertiary/aromatic N) is 4. The summed E-state index contributed by atoms with van der Waals surface area (Å²) in [5, 5.41) is 7.15. The average Bonchev–Trinajstić information content (AvgIpc) is 3.19. The molecule has 7 heteroatoms. The van der Waals surface area contributed by atoms with Gasteiger partial charge >= 0.3 is 0 Å². The van der Waals surface area contributed by atoms with E-state index in [1.165, 1.54) is 6.33 Å². The van der Waals surface area contributed by atoms with Gasteiger partial charge in [0, 0.05) is 17.8 Å². The second-order valence-electron chi connectivity index (χ2n) is 6.69. The van der Waals surface area contributed by atoms with Gasteiger partial charge in [0.1, 0.15) is 12.1 Å². The summed E-state index contributed by atoms with van der Waals surface area (Å²) in [7, 11) is 0. The lowest BCUT2D eigenvalue weighted by Crippen LogP contribution is -2.14. The van der Waals surface area contributed by atoms with Gasteiger partial charge in [-0.2, -0.15) is 10.1 Å². The quantitative estimate of drug-likeness (QED) is 0.539. The van der Waals surface area contributed by atoms with Crippen LogP contribution in [0.5, 0.6) is 11.5 Å². The average molecular weight is 387 g/mol. The van der Waals surface area contributed by atoms with Crippen LogP contribution in [0.1, 0.15) is 23.4 Å². The molecule has 0 atom stereocenters. The summed E-state index contributed by atoms with van der Waals surface area (Å²) in [6, 6.07) is 16.9. The van der Waals surface area contributed by atoms with Crippen LogP contribution in [0.2, 0.25) is 0 Å². The van der Waals surface area contributed by atoms with Crippen LogP contribution in [0.3, 0.4) is 0 Å². The number of hydrogen-bond donors (Lipinski definition) is 1. The van der Waals surface area contributed by atoms with Crippen molar-refractivity contribution in [3.63, 3.8) is 0 Å². The van der Waals surface area contributed by atoms with E-state index < -0.39 is 0 Å². The number of aromatic nitrogens is 4. The van der Waals surface area contributed by atoms with E-state index in [0.717, 1.165) is 17.0 Å². The standard InChI is InChI=1S/C22H21N5O2/c1-15-18(16(2)27-22(25-15)23-14-24-27)12-13-21(28)26-19-10-6-7-11-20(19)29-17-8-4-3-5-9-17/h3-11,14H,12-13H2,1-2H3,(H,26,28). The van der Waals surface area contributed by atoms with Crippen LogP contribution in [-0.2, 0) is 11.2 Å².